The second-order valence-electron chi connectivity index (χ2n) is 7.17. The zero-order valence-corrected chi connectivity index (χ0v) is 17.1. The molecule has 0 unspecified atom stereocenters. The van der Waals surface area contributed by atoms with Crippen molar-refractivity contribution in [2.45, 2.75) is 13.3 Å². The highest BCUT2D eigenvalue weighted by molar-refractivity contribution is 6.10. The third-order valence-electron chi connectivity index (χ3n) is 5.24. The lowest BCUT2D eigenvalue weighted by atomic mass is 10.0. The van der Waals surface area contributed by atoms with Crippen LogP contribution in [0, 0.1) is 0 Å². The molecule has 0 bridgehead atoms. The SMILES string of the molecule is CCc1cccc2c(C(=O)COC(=O)c3ccc(C(=O)c4ccccc4)cc3)c[nH]c12. The summed E-state index contributed by atoms with van der Waals surface area (Å²) in [5, 5.41) is 0.823. The Morgan fingerprint density at radius 1 is 0.806 bits per heavy atom. The smallest absolute Gasteiger partial charge is 0.338 e. The molecule has 0 aliphatic heterocycles. The number of hydrogen-bond donors (Lipinski definition) is 1. The van der Waals surface area contributed by atoms with Crippen molar-refractivity contribution in [2.24, 2.45) is 0 Å². The van der Waals surface area contributed by atoms with Gasteiger partial charge in [-0.15, -0.1) is 0 Å². The number of H-pyrrole nitrogens is 1. The highest BCUT2D eigenvalue weighted by Crippen LogP contribution is 2.23. The Labute approximate surface area is 179 Å². The number of nitrogens with one attached hydrogen (secondary N) is 1. The number of para-hydroxylation sites is 1. The number of carbonyl (C=O) groups excluding carboxylic acids is 3. The van der Waals surface area contributed by atoms with Crippen LogP contribution < -0.4 is 0 Å². The number of hydrogen-bond acceptors (Lipinski definition) is 4. The van der Waals surface area contributed by atoms with E-state index in [0.29, 0.717) is 16.7 Å². The molecule has 0 spiro atoms. The van der Waals surface area contributed by atoms with Crippen molar-refractivity contribution >= 4 is 28.4 Å². The molecule has 0 amide bonds. The number of carbonyl (C=O) groups is 3. The van der Waals surface area contributed by atoms with Gasteiger partial charge in [-0.25, -0.2) is 4.79 Å². The van der Waals surface area contributed by atoms with E-state index in [-0.39, 0.29) is 23.7 Å². The van der Waals surface area contributed by atoms with Gasteiger partial charge in [0.1, 0.15) is 0 Å². The Morgan fingerprint density at radius 2 is 1.48 bits per heavy atom. The first-order valence-electron chi connectivity index (χ1n) is 10.1. The van der Waals surface area contributed by atoms with Crippen LogP contribution in [0.5, 0.6) is 0 Å². The number of rotatable bonds is 7. The molecule has 0 saturated carbocycles. The maximum absolute atomic E-state index is 12.6. The van der Waals surface area contributed by atoms with Crippen LogP contribution in [0.15, 0.2) is 79.0 Å². The fraction of sp³-hybridized carbons (Fsp3) is 0.115. The first-order valence-corrected chi connectivity index (χ1v) is 10.1. The molecule has 0 fully saturated rings. The van der Waals surface area contributed by atoms with Crippen molar-refractivity contribution in [1.29, 1.82) is 0 Å². The summed E-state index contributed by atoms with van der Waals surface area (Å²) in [4.78, 5) is 40.6. The molecule has 0 aliphatic rings. The van der Waals surface area contributed by atoms with Crippen LogP contribution in [-0.2, 0) is 11.2 Å². The van der Waals surface area contributed by atoms with Gasteiger partial charge in [-0.2, -0.15) is 0 Å². The van der Waals surface area contributed by atoms with Crippen molar-refractivity contribution in [1.82, 2.24) is 4.98 Å². The highest BCUT2D eigenvalue weighted by atomic mass is 16.5. The number of Topliss-reactive ketones (excluding diaryl/α,β-unsaturated/α-hetero) is 1. The van der Waals surface area contributed by atoms with Crippen LogP contribution in [-0.4, -0.2) is 29.1 Å². The maximum atomic E-state index is 12.6. The first-order chi connectivity index (χ1) is 15.1. The fourth-order valence-electron chi connectivity index (χ4n) is 3.55. The zero-order chi connectivity index (χ0) is 21.8. The largest absolute Gasteiger partial charge is 0.454 e. The van der Waals surface area contributed by atoms with E-state index in [0.717, 1.165) is 22.9 Å². The summed E-state index contributed by atoms with van der Waals surface area (Å²) in [6.07, 6.45) is 2.51. The predicted octanol–water partition coefficient (Wildman–Crippen LogP) is 5.00. The van der Waals surface area contributed by atoms with E-state index in [2.05, 4.69) is 11.9 Å². The molecule has 4 rings (SSSR count). The van der Waals surface area contributed by atoms with E-state index in [4.69, 9.17) is 4.74 Å². The minimum atomic E-state index is -0.610. The molecule has 31 heavy (non-hydrogen) atoms. The second-order valence-corrected chi connectivity index (χ2v) is 7.17. The van der Waals surface area contributed by atoms with E-state index < -0.39 is 5.97 Å². The Balaban J connectivity index is 1.42. The van der Waals surface area contributed by atoms with Gasteiger partial charge in [0.2, 0.25) is 5.78 Å². The molecule has 0 radical (unpaired) electrons. The fourth-order valence-corrected chi connectivity index (χ4v) is 3.55. The highest BCUT2D eigenvalue weighted by Gasteiger charge is 2.17. The molecule has 1 heterocycles. The van der Waals surface area contributed by atoms with Gasteiger partial charge in [0.05, 0.1) is 5.56 Å². The normalized spacial score (nSPS) is 10.7. The van der Waals surface area contributed by atoms with Crippen molar-refractivity contribution in [2.75, 3.05) is 6.61 Å². The number of benzene rings is 3. The second kappa shape index (κ2) is 8.79. The van der Waals surface area contributed by atoms with E-state index in [1.54, 1.807) is 42.6 Å². The Kier molecular flexibility index (Phi) is 5.76. The number of aryl methyl sites for hydroxylation is 1. The molecule has 0 saturated heterocycles. The Bertz CT molecular complexity index is 1250. The van der Waals surface area contributed by atoms with Crippen LogP contribution >= 0.6 is 0 Å². The van der Waals surface area contributed by atoms with Crippen molar-refractivity contribution in [3.63, 3.8) is 0 Å². The Hall–Kier alpha value is -3.99. The summed E-state index contributed by atoms with van der Waals surface area (Å²) in [7, 11) is 0. The summed E-state index contributed by atoms with van der Waals surface area (Å²) in [5.74, 6) is -1.01. The van der Waals surface area contributed by atoms with Gasteiger partial charge < -0.3 is 9.72 Å². The van der Waals surface area contributed by atoms with Gasteiger partial charge in [-0.1, -0.05) is 67.6 Å². The molecule has 0 aliphatic carbocycles. The van der Waals surface area contributed by atoms with Crippen molar-refractivity contribution < 1.29 is 19.1 Å². The minimum Gasteiger partial charge on any atom is -0.454 e. The number of aromatic amines is 1. The lowest BCUT2D eigenvalue weighted by Crippen LogP contribution is -2.14. The van der Waals surface area contributed by atoms with Gasteiger partial charge in [-0.05, 0) is 24.1 Å². The molecule has 154 valence electrons. The van der Waals surface area contributed by atoms with Crippen molar-refractivity contribution in [3.05, 3.63) is 107 Å². The minimum absolute atomic E-state index is 0.124. The molecule has 5 nitrogen and oxygen atoms in total. The van der Waals surface area contributed by atoms with Crippen LogP contribution in [0.2, 0.25) is 0 Å². The van der Waals surface area contributed by atoms with Gasteiger partial charge in [-0.3, -0.25) is 9.59 Å². The van der Waals surface area contributed by atoms with Crippen LogP contribution in [0.3, 0.4) is 0 Å². The van der Waals surface area contributed by atoms with Crippen LogP contribution in [0.1, 0.15) is 49.1 Å². The zero-order valence-electron chi connectivity index (χ0n) is 17.1. The molecular weight excluding hydrogens is 390 g/mol. The number of ketones is 2. The average molecular weight is 411 g/mol. The summed E-state index contributed by atoms with van der Waals surface area (Å²) >= 11 is 0. The topological polar surface area (TPSA) is 76.2 Å². The van der Waals surface area contributed by atoms with E-state index in [1.165, 1.54) is 12.1 Å². The summed E-state index contributed by atoms with van der Waals surface area (Å²) in [6.45, 7) is 1.70. The predicted molar refractivity (Wildman–Crippen MR) is 119 cm³/mol. The average Bonchev–Trinajstić information content (AvgIpc) is 3.27. The lowest BCUT2D eigenvalue weighted by molar-refractivity contribution is 0.0475. The van der Waals surface area contributed by atoms with Crippen LogP contribution in [0.4, 0.5) is 0 Å². The van der Waals surface area contributed by atoms with Gasteiger partial charge >= 0.3 is 5.97 Å². The number of ether oxygens (including phenoxy) is 1. The van der Waals surface area contributed by atoms with E-state index in [9.17, 15) is 14.4 Å². The maximum Gasteiger partial charge on any atom is 0.338 e. The Morgan fingerprint density at radius 3 is 2.19 bits per heavy atom. The molecule has 0 atom stereocenters. The summed E-state index contributed by atoms with van der Waals surface area (Å²) in [5.41, 5.74) is 3.89. The van der Waals surface area contributed by atoms with Gasteiger partial charge in [0.25, 0.3) is 0 Å². The summed E-state index contributed by atoms with van der Waals surface area (Å²) < 4.78 is 5.22. The third kappa shape index (κ3) is 4.16. The molecular formula is C26H21NO4. The lowest BCUT2D eigenvalue weighted by Gasteiger charge is -2.06. The van der Waals surface area contributed by atoms with Gasteiger partial charge in [0, 0.05) is 33.8 Å². The third-order valence-corrected chi connectivity index (χ3v) is 5.24. The molecule has 3 aromatic carbocycles. The first kappa shape index (κ1) is 20.3. The number of fused-ring (bicyclic) bond motifs is 1. The van der Waals surface area contributed by atoms with Gasteiger partial charge in [0.15, 0.2) is 12.4 Å². The molecule has 5 heteroatoms. The van der Waals surface area contributed by atoms with Crippen molar-refractivity contribution in [3.8, 4) is 0 Å². The number of esters is 1. The quantitative estimate of drug-likeness (QED) is 0.343. The standard InChI is InChI=1S/C26H21NO4/c1-2-17-9-6-10-21-22(15-27-24(17)21)23(28)16-31-26(30)20-13-11-19(12-14-20)25(29)18-7-4-3-5-8-18/h3-15,27H,2,16H2,1H3. The molecule has 1 N–H and O–H groups in total. The molecule has 4 aromatic rings. The van der Waals surface area contributed by atoms with Crippen LogP contribution in [0.25, 0.3) is 10.9 Å². The monoisotopic (exact) mass is 411 g/mol. The van der Waals surface area contributed by atoms with E-state index >= 15 is 0 Å². The van der Waals surface area contributed by atoms with E-state index in [1.807, 2.05) is 24.3 Å². The summed E-state index contributed by atoms with van der Waals surface area (Å²) in [6, 6.07) is 21.0. The number of aromatic nitrogens is 1. The molecule has 1 aromatic heterocycles.